The summed E-state index contributed by atoms with van der Waals surface area (Å²) < 4.78 is 31.5. The largest absolute Gasteiger partial charge is 0.379 e. The minimum atomic E-state index is -2.61. The Balaban J connectivity index is 1.81. The van der Waals surface area contributed by atoms with Crippen molar-refractivity contribution in [2.45, 2.75) is 19.3 Å². The summed E-state index contributed by atoms with van der Waals surface area (Å²) in [6, 6.07) is 0. The van der Waals surface area contributed by atoms with Gasteiger partial charge in [-0.1, -0.05) is 6.42 Å². The fourth-order valence-corrected chi connectivity index (χ4v) is 6.55. The molecule has 3 rings (SSSR count). The highest BCUT2D eigenvalue weighted by molar-refractivity contribution is 7.56. The third-order valence-electron chi connectivity index (χ3n) is 4.41. The number of nitrogens with zero attached hydrogens (tertiary/aromatic N) is 3. The van der Waals surface area contributed by atoms with Gasteiger partial charge in [-0.25, -0.2) is 14.0 Å². The quantitative estimate of drug-likeness (QED) is 0.731. The second-order valence-corrected chi connectivity index (χ2v) is 8.38. The van der Waals surface area contributed by atoms with Crippen LogP contribution in [0, 0.1) is 0 Å². The van der Waals surface area contributed by atoms with E-state index < -0.39 is 7.59 Å². The average Bonchev–Trinajstić information content (AvgIpc) is 2.56. The van der Waals surface area contributed by atoms with Crippen LogP contribution < -0.4 is 0 Å². The Bertz CT molecular complexity index is 298. The van der Waals surface area contributed by atoms with Crippen molar-refractivity contribution >= 4 is 7.59 Å². The van der Waals surface area contributed by atoms with Crippen LogP contribution in [0.4, 0.5) is 0 Å². The molecular formula is C13H26N3O3P. The summed E-state index contributed by atoms with van der Waals surface area (Å²) >= 11 is 0. The molecule has 0 aliphatic carbocycles. The monoisotopic (exact) mass is 303 g/mol. The molecule has 3 aliphatic rings. The van der Waals surface area contributed by atoms with E-state index in [1.54, 1.807) is 0 Å². The van der Waals surface area contributed by atoms with Gasteiger partial charge in [-0.3, -0.25) is 4.57 Å². The van der Waals surface area contributed by atoms with Crippen LogP contribution in [-0.2, 0) is 14.0 Å². The van der Waals surface area contributed by atoms with Crippen LogP contribution in [0.15, 0.2) is 0 Å². The maximum Gasteiger partial charge on any atom is 0.287 e. The highest BCUT2D eigenvalue weighted by atomic mass is 31.2. The Kier molecular flexibility index (Phi) is 5.13. The Morgan fingerprint density at radius 2 is 1.00 bits per heavy atom. The molecule has 0 N–H and O–H groups in total. The van der Waals surface area contributed by atoms with Crippen LogP contribution in [0.2, 0.25) is 0 Å². The normalized spacial score (nSPS) is 28.6. The minimum absolute atomic E-state index is 0.697. The molecule has 3 saturated heterocycles. The average molecular weight is 303 g/mol. The topological polar surface area (TPSA) is 45.2 Å². The Morgan fingerprint density at radius 1 is 0.600 bits per heavy atom. The van der Waals surface area contributed by atoms with Gasteiger partial charge in [0.25, 0.3) is 7.59 Å². The van der Waals surface area contributed by atoms with Crippen molar-refractivity contribution in [1.29, 1.82) is 0 Å². The van der Waals surface area contributed by atoms with Crippen molar-refractivity contribution in [3.63, 3.8) is 0 Å². The van der Waals surface area contributed by atoms with Gasteiger partial charge >= 0.3 is 0 Å². The molecule has 0 atom stereocenters. The van der Waals surface area contributed by atoms with Gasteiger partial charge < -0.3 is 9.47 Å². The highest BCUT2D eigenvalue weighted by Gasteiger charge is 2.44. The maximum atomic E-state index is 13.9. The van der Waals surface area contributed by atoms with Gasteiger partial charge in [0.2, 0.25) is 0 Å². The molecule has 0 spiro atoms. The minimum Gasteiger partial charge on any atom is -0.379 e. The van der Waals surface area contributed by atoms with E-state index in [2.05, 4.69) is 14.0 Å². The van der Waals surface area contributed by atoms with Gasteiger partial charge in [0.15, 0.2) is 0 Å². The lowest BCUT2D eigenvalue weighted by Crippen LogP contribution is -2.49. The number of rotatable bonds is 3. The second kappa shape index (κ2) is 6.86. The molecule has 116 valence electrons. The van der Waals surface area contributed by atoms with E-state index in [-0.39, 0.29) is 0 Å². The lowest BCUT2D eigenvalue weighted by Gasteiger charge is -2.48. The van der Waals surface area contributed by atoms with Gasteiger partial charge in [0.1, 0.15) is 0 Å². The van der Waals surface area contributed by atoms with E-state index in [0.29, 0.717) is 26.4 Å². The summed E-state index contributed by atoms with van der Waals surface area (Å²) in [6.45, 7) is 7.85. The molecule has 3 aliphatic heterocycles. The van der Waals surface area contributed by atoms with Crippen LogP contribution in [0.1, 0.15) is 19.3 Å². The molecule has 0 bridgehead atoms. The number of hydrogen-bond acceptors (Lipinski definition) is 3. The first-order valence-electron chi connectivity index (χ1n) is 7.83. The lowest BCUT2D eigenvalue weighted by atomic mass is 10.2. The third-order valence-corrected chi connectivity index (χ3v) is 7.82. The molecule has 0 aromatic carbocycles. The van der Waals surface area contributed by atoms with Crippen molar-refractivity contribution in [2.75, 3.05) is 65.7 Å². The maximum absolute atomic E-state index is 13.9. The second-order valence-electron chi connectivity index (χ2n) is 5.66. The summed E-state index contributed by atoms with van der Waals surface area (Å²) in [7, 11) is -2.61. The molecule has 0 aromatic rings. The number of hydrogen-bond donors (Lipinski definition) is 0. The number of morpholine rings is 2. The predicted molar refractivity (Wildman–Crippen MR) is 77.8 cm³/mol. The summed E-state index contributed by atoms with van der Waals surface area (Å²) in [5, 5.41) is 0. The Hall–Kier alpha value is 0.0300. The summed E-state index contributed by atoms with van der Waals surface area (Å²) in [5.41, 5.74) is 0. The van der Waals surface area contributed by atoms with Crippen molar-refractivity contribution < 1.29 is 14.0 Å². The summed E-state index contributed by atoms with van der Waals surface area (Å²) in [4.78, 5) is 0. The van der Waals surface area contributed by atoms with E-state index >= 15 is 0 Å². The third kappa shape index (κ3) is 2.96. The molecule has 6 nitrogen and oxygen atoms in total. The smallest absolute Gasteiger partial charge is 0.287 e. The lowest BCUT2D eigenvalue weighted by molar-refractivity contribution is 0.0447. The fraction of sp³-hybridized carbons (Fsp3) is 1.00. The van der Waals surface area contributed by atoms with Crippen LogP contribution in [0.25, 0.3) is 0 Å². The van der Waals surface area contributed by atoms with E-state index in [1.807, 2.05) is 0 Å². The van der Waals surface area contributed by atoms with E-state index in [1.165, 1.54) is 19.3 Å². The molecule has 3 fully saturated rings. The van der Waals surface area contributed by atoms with Crippen LogP contribution >= 0.6 is 7.59 Å². The van der Waals surface area contributed by atoms with Crippen molar-refractivity contribution in [3.8, 4) is 0 Å². The van der Waals surface area contributed by atoms with Gasteiger partial charge in [0, 0.05) is 39.3 Å². The fourth-order valence-electron chi connectivity index (χ4n) is 3.30. The van der Waals surface area contributed by atoms with Crippen LogP contribution in [0.3, 0.4) is 0 Å². The first-order chi connectivity index (χ1) is 9.82. The zero-order chi connectivity index (χ0) is 13.8. The van der Waals surface area contributed by atoms with Crippen LogP contribution in [0.5, 0.6) is 0 Å². The highest BCUT2D eigenvalue weighted by Crippen LogP contribution is 2.57. The zero-order valence-corrected chi connectivity index (χ0v) is 13.1. The van der Waals surface area contributed by atoms with Crippen LogP contribution in [-0.4, -0.2) is 79.7 Å². The molecule has 0 radical (unpaired) electrons. The molecule has 0 unspecified atom stereocenters. The van der Waals surface area contributed by atoms with E-state index in [4.69, 9.17) is 9.47 Å². The van der Waals surface area contributed by atoms with Crippen molar-refractivity contribution in [1.82, 2.24) is 14.0 Å². The standard InChI is InChI=1S/C13H26N3O3P/c17-20(14-4-2-1-3-5-14,15-6-10-18-11-7-15)16-8-12-19-13-9-16/h1-13H2. The molecule has 7 heteroatoms. The Labute approximate surface area is 121 Å². The zero-order valence-electron chi connectivity index (χ0n) is 12.2. The SMILES string of the molecule is O=P(N1CCCCC1)(N1CCOCC1)N1CCOCC1. The number of ether oxygens (including phenoxy) is 2. The molecule has 0 amide bonds. The Morgan fingerprint density at radius 3 is 1.45 bits per heavy atom. The van der Waals surface area contributed by atoms with E-state index in [0.717, 1.165) is 39.3 Å². The molecule has 20 heavy (non-hydrogen) atoms. The summed E-state index contributed by atoms with van der Waals surface area (Å²) in [5.74, 6) is 0. The van der Waals surface area contributed by atoms with Gasteiger partial charge in [0.05, 0.1) is 26.4 Å². The van der Waals surface area contributed by atoms with Crippen molar-refractivity contribution in [3.05, 3.63) is 0 Å². The molecule has 3 heterocycles. The van der Waals surface area contributed by atoms with Gasteiger partial charge in [-0.05, 0) is 12.8 Å². The molecule has 0 saturated carbocycles. The predicted octanol–water partition coefficient (Wildman–Crippen LogP) is 1.24. The van der Waals surface area contributed by atoms with Gasteiger partial charge in [-0.2, -0.15) is 0 Å². The van der Waals surface area contributed by atoms with E-state index in [9.17, 15) is 4.57 Å². The number of piperidine rings is 1. The molecule has 0 aromatic heterocycles. The first-order valence-corrected chi connectivity index (χ1v) is 9.40. The first kappa shape index (κ1) is 14.9. The summed E-state index contributed by atoms with van der Waals surface area (Å²) in [6.07, 6.45) is 3.60. The molecular weight excluding hydrogens is 277 g/mol. The van der Waals surface area contributed by atoms with Crippen molar-refractivity contribution in [2.24, 2.45) is 0 Å². The van der Waals surface area contributed by atoms with Gasteiger partial charge in [-0.15, -0.1) is 0 Å².